The molecule has 3 heterocycles. The van der Waals surface area contributed by atoms with Gasteiger partial charge in [0.15, 0.2) is 0 Å². The van der Waals surface area contributed by atoms with Gasteiger partial charge in [-0.05, 0) is 50.7 Å². The molecule has 0 unspecified atom stereocenters. The molecule has 6 heteroatoms. The van der Waals surface area contributed by atoms with E-state index in [2.05, 4.69) is 16.3 Å². The van der Waals surface area contributed by atoms with Crippen LogP contribution in [0.1, 0.15) is 82.0 Å². The predicted octanol–water partition coefficient (Wildman–Crippen LogP) is 3.48. The number of aromatic nitrogens is 1. The fourth-order valence-corrected chi connectivity index (χ4v) is 7.16. The van der Waals surface area contributed by atoms with Crippen molar-refractivity contribution in [3.05, 3.63) is 39.8 Å². The average Bonchev–Trinajstić information content (AvgIpc) is 3.53. The van der Waals surface area contributed by atoms with E-state index in [0.29, 0.717) is 18.0 Å². The number of carbonyl (C=O) groups excluding carboxylic acids is 1. The van der Waals surface area contributed by atoms with E-state index in [1.54, 1.807) is 0 Å². The number of amides is 1. The summed E-state index contributed by atoms with van der Waals surface area (Å²) in [6.45, 7) is 3.37. The summed E-state index contributed by atoms with van der Waals surface area (Å²) in [5, 5.41) is 13.8. The molecule has 0 bridgehead atoms. The number of fused-ring (bicyclic) bond motifs is 3. The van der Waals surface area contributed by atoms with Gasteiger partial charge in [-0.15, -0.1) is 0 Å². The van der Waals surface area contributed by atoms with E-state index < -0.39 is 0 Å². The van der Waals surface area contributed by atoms with Crippen LogP contribution in [-0.2, 0) is 11.3 Å². The highest BCUT2D eigenvalue weighted by molar-refractivity contribution is 5.83. The summed E-state index contributed by atoms with van der Waals surface area (Å²) >= 11 is 0. The van der Waals surface area contributed by atoms with Crippen molar-refractivity contribution >= 4 is 12.0 Å². The maximum absolute atomic E-state index is 13.6. The zero-order valence-electron chi connectivity index (χ0n) is 19.9. The Kier molecular flexibility index (Phi) is 6.75. The van der Waals surface area contributed by atoms with Crippen LogP contribution in [0.3, 0.4) is 0 Å². The van der Waals surface area contributed by atoms with Gasteiger partial charge in [0.05, 0.1) is 12.1 Å². The Bertz CT molecular complexity index is 942. The van der Waals surface area contributed by atoms with Crippen LogP contribution in [-0.4, -0.2) is 45.7 Å². The lowest BCUT2D eigenvalue weighted by Crippen LogP contribution is -2.51. The highest BCUT2D eigenvalue weighted by Gasteiger charge is 2.55. The zero-order valence-corrected chi connectivity index (χ0v) is 19.9. The highest BCUT2D eigenvalue weighted by atomic mass is 16.3. The van der Waals surface area contributed by atoms with Gasteiger partial charge in [-0.2, -0.15) is 0 Å². The first-order chi connectivity index (χ1) is 16.1. The molecular weight excluding hydrogens is 414 g/mol. The molecule has 6 nitrogen and oxygen atoms in total. The molecule has 1 amide bonds. The maximum atomic E-state index is 13.6. The molecule has 33 heavy (non-hydrogen) atoms. The minimum atomic E-state index is -0.313. The van der Waals surface area contributed by atoms with Crippen molar-refractivity contribution < 1.29 is 9.90 Å². The van der Waals surface area contributed by atoms with E-state index in [0.717, 1.165) is 25.1 Å². The molecule has 2 aliphatic carbocycles. The lowest BCUT2D eigenvalue weighted by molar-refractivity contribution is -0.128. The minimum absolute atomic E-state index is 0.0183. The Morgan fingerprint density at radius 1 is 1.12 bits per heavy atom. The van der Waals surface area contributed by atoms with Gasteiger partial charge in [-0.3, -0.25) is 14.5 Å². The van der Waals surface area contributed by atoms with Crippen molar-refractivity contribution in [3.8, 4) is 0 Å². The number of carbonyl (C=O) groups is 1. The summed E-state index contributed by atoms with van der Waals surface area (Å²) in [6.07, 6.45) is 14.5. The van der Waals surface area contributed by atoms with E-state index in [1.807, 2.05) is 29.7 Å². The SMILES string of the molecule is C/C=C/c1ccc2n(c1=O)C[C@@H]1[C@@H](CO)[C@H](C(=O)NC3CCCC3)N(CC3CCCCC3)[C@H]21. The fraction of sp³-hybridized carbons (Fsp3) is 0.704. The van der Waals surface area contributed by atoms with Crippen LogP contribution in [0, 0.1) is 17.8 Å². The Balaban J connectivity index is 1.49. The van der Waals surface area contributed by atoms with Crippen LogP contribution in [0.4, 0.5) is 0 Å². The molecular formula is C27H39N3O3. The standard InChI is InChI=1S/C27H39N3O3/c1-2-8-19-13-14-23-24-21(16-29(23)27(19)33)22(17-31)25(26(32)28-20-11-6-7-12-20)30(24)15-18-9-4-3-5-10-18/h2,8,13-14,18,20-22,24-25,31H,3-7,9-12,15-17H2,1H3,(H,28,32)/b8-2+/t21-,22-,24+,25-/m1/s1. The lowest BCUT2D eigenvalue weighted by atomic mass is 9.88. The van der Waals surface area contributed by atoms with Gasteiger partial charge < -0.3 is 15.0 Å². The Labute approximate surface area is 197 Å². The van der Waals surface area contributed by atoms with Crippen molar-refractivity contribution in [1.82, 2.24) is 14.8 Å². The third kappa shape index (κ3) is 4.21. The molecule has 5 rings (SSSR count). The second-order valence-corrected chi connectivity index (χ2v) is 10.7. The molecule has 0 spiro atoms. The fourth-order valence-electron chi connectivity index (χ4n) is 7.16. The number of likely N-dealkylation sites (tertiary alicyclic amines) is 1. The van der Waals surface area contributed by atoms with Gasteiger partial charge in [0, 0.05) is 48.8 Å². The summed E-state index contributed by atoms with van der Waals surface area (Å²) < 4.78 is 1.91. The van der Waals surface area contributed by atoms with E-state index in [-0.39, 0.29) is 48.0 Å². The number of nitrogens with zero attached hydrogens (tertiary/aromatic N) is 2. The van der Waals surface area contributed by atoms with Crippen LogP contribution in [0.25, 0.3) is 6.08 Å². The zero-order chi connectivity index (χ0) is 22.9. The Hall–Kier alpha value is -1.92. The van der Waals surface area contributed by atoms with Gasteiger partial charge in [-0.1, -0.05) is 44.3 Å². The minimum Gasteiger partial charge on any atom is -0.396 e. The number of pyridine rings is 1. The van der Waals surface area contributed by atoms with Crippen molar-refractivity contribution in [2.24, 2.45) is 17.8 Å². The van der Waals surface area contributed by atoms with Crippen LogP contribution in [0.2, 0.25) is 0 Å². The van der Waals surface area contributed by atoms with E-state index in [9.17, 15) is 14.7 Å². The van der Waals surface area contributed by atoms with E-state index in [1.165, 1.54) is 44.9 Å². The first kappa shape index (κ1) is 22.9. The molecule has 0 radical (unpaired) electrons. The molecule has 4 aliphatic rings. The summed E-state index contributed by atoms with van der Waals surface area (Å²) in [7, 11) is 0. The molecule has 4 atom stereocenters. The normalized spacial score (nSPS) is 30.7. The molecule has 2 saturated carbocycles. The second kappa shape index (κ2) is 9.75. The van der Waals surface area contributed by atoms with Crippen molar-refractivity contribution in [1.29, 1.82) is 0 Å². The summed E-state index contributed by atoms with van der Waals surface area (Å²) in [4.78, 5) is 29.2. The van der Waals surface area contributed by atoms with Crippen molar-refractivity contribution in [3.63, 3.8) is 0 Å². The molecule has 2 N–H and O–H groups in total. The monoisotopic (exact) mass is 453 g/mol. The second-order valence-electron chi connectivity index (χ2n) is 10.7. The van der Waals surface area contributed by atoms with Crippen molar-refractivity contribution in [2.45, 2.75) is 89.4 Å². The number of allylic oxidation sites excluding steroid dienone is 1. The summed E-state index contributed by atoms with van der Waals surface area (Å²) in [6, 6.07) is 3.99. The lowest BCUT2D eigenvalue weighted by Gasteiger charge is -2.35. The molecule has 1 aromatic rings. The number of nitrogens with one attached hydrogen (secondary N) is 1. The van der Waals surface area contributed by atoms with Gasteiger partial charge >= 0.3 is 0 Å². The number of aliphatic hydroxyl groups excluding tert-OH is 1. The van der Waals surface area contributed by atoms with E-state index in [4.69, 9.17) is 0 Å². The molecule has 1 aromatic heterocycles. The highest BCUT2D eigenvalue weighted by Crippen LogP contribution is 2.50. The van der Waals surface area contributed by atoms with E-state index >= 15 is 0 Å². The molecule has 0 aromatic carbocycles. The third-order valence-electron chi connectivity index (χ3n) is 8.73. The quantitative estimate of drug-likeness (QED) is 0.692. The van der Waals surface area contributed by atoms with Crippen LogP contribution < -0.4 is 10.9 Å². The van der Waals surface area contributed by atoms with Gasteiger partial charge in [0.1, 0.15) is 0 Å². The molecule has 3 fully saturated rings. The maximum Gasteiger partial charge on any atom is 0.258 e. The average molecular weight is 454 g/mol. The predicted molar refractivity (Wildman–Crippen MR) is 130 cm³/mol. The number of hydrogen-bond acceptors (Lipinski definition) is 4. The first-order valence-corrected chi connectivity index (χ1v) is 13.2. The van der Waals surface area contributed by atoms with Gasteiger partial charge in [-0.25, -0.2) is 0 Å². The van der Waals surface area contributed by atoms with Gasteiger partial charge in [0.2, 0.25) is 5.91 Å². The molecule has 2 aliphatic heterocycles. The molecule has 1 saturated heterocycles. The van der Waals surface area contributed by atoms with Gasteiger partial charge in [0.25, 0.3) is 5.56 Å². The summed E-state index contributed by atoms with van der Waals surface area (Å²) in [5.41, 5.74) is 1.76. The first-order valence-electron chi connectivity index (χ1n) is 13.2. The number of rotatable bonds is 6. The van der Waals surface area contributed by atoms with Crippen molar-refractivity contribution in [2.75, 3.05) is 13.2 Å². The Morgan fingerprint density at radius 2 is 1.85 bits per heavy atom. The summed E-state index contributed by atoms with van der Waals surface area (Å²) in [5.74, 6) is 0.614. The number of aliphatic hydroxyl groups is 1. The largest absolute Gasteiger partial charge is 0.396 e. The van der Waals surface area contributed by atoms with Crippen LogP contribution >= 0.6 is 0 Å². The van der Waals surface area contributed by atoms with Crippen LogP contribution in [0.15, 0.2) is 23.0 Å². The molecule has 180 valence electrons. The topological polar surface area (TPSA) is 74.6 Å². The third-order valence-corrected chi connectivity index (χ3v) is 8.73. The van der Waals surface area contributed by atoms with Crippen LogP contribution in [0.5, 0.6) is 0 Å². The number of hydrogen-bond donors (Lipinski definition) is 2. The smallest absolute Gasteiger partial charge is 0.258 e. The Morgan fingerprint density at radius 3 is 2.55 bits per heavy atom.